The van der Waals surface area contributed by atoms with Gasteiger partial charge in [-0.05, 0) is 36.8 Å². The molecule has 7 nitrogen and oxygen atoms in total. The summed E-state index contributed by atoms with van der Waals surface area (Å²) < 4.78 is 56.0. The SMILES string of the molecule is CCOC(=O)[C@H]1[C@@H](c2ccc3c(c2)OCO3)NC(=S)N[C@@]1(O)C(F)(F)F. The summed E-state index contributed by atoms with van der Waals surface area (Å²) in [6.07, 6.45) is -5.19. The molecule has 3 N–H and O–H groups in total. The van der Waals surface area contributed by atoms with E-state index in [4.69, 9.17) is 26.4 Å². The van der Waals surface area contributed by atoms with Crippen LogP contribution in [0, 0.1) is 5.92 Å². The van der Waals surface area contributed by atoms with Gasteiger partial charge in [0.05, 0.1) is 12.6 Å². The molecule has 0 bridgehead atoms. The van der Waals surface area contributed by atoms with Crippen LogP contribution in [0.1, 0.15) is 18.5 Å². The van der Waals surface area contributed by atoms with E-state index in [-0.39, 0.29) is 19.0 Å². The molecule has 3 atom stereocenters. The van der Waals surface area contributed by atoms with Crippen molar-refractivity contribution >= 4 is 23.3 Å². The van der Waals surface area contributed by atoms with Crippen LogP contribution >= 0.6 is 12.2 Å². The second-order valence-corrected chi connectivity index (χ2v) is 6.09. The van der Waals surface area contributed by atoms with E-state index in [1.165, 1.54) is 25.1 Å². The minimum absolute atomic E-state index is 0.0232. The highest BCUT2D eigenvalue weighted by molar-refractivity contribution is 7.80. The molecule has 3 rings (SSSR count). The summed E-state index contributed by atoms with van der Waals surface area (Å²) in [5.41, 5.74) is -3.35. The van der Waals surface area contributed by atoms with Crippen LogP contribution in [0.15, 0.2) is 18.2 Å². The van der Waals surface area contributed by atoms with Gasteiger partial charge in [-0.15, -0.1) is 0 Å². The number of carbonyl (C=O) groups excluding carboxylic acids is 1. The summed E-state index contributed by atoms with van der Waals surface area (Å²) in [7, 11) is 0. The average Bonchev–Trinajstić information content (AvgIpc) is 3.00. The standard InChI is InChI=1S/C15H15F3N2O5S/c1-2-23-12(21)10-11(7-3-4-8-9(5-7)25-6-24-8)19-13(26)20-14(10,22)15(16,17)18/h3-5,10-11,22H,2,6H2,1H3,(H2,19,20,26)/t10-,11-,14+/m1/s1. The van der Waals surface area contributed by atoms with Gasteiger partial charge in [0.15, 0.2) is 16.6 Å². The van der Waals surface area contributed by atoms with Gasteiger partial charge in [0.1, 0.15) is 5.92 Å². The number of aliphatic hydroxyl groups is 1. The number of esters is 1. The topological polar surface area (TPSA) is 89.1 Å². The van der Waals surface area contributed by atoms with Gasteiger partial charge in [-0.3, -0.25) is 4.79 Å². The Morgan fingerprint density at radius 2 is 2.12 bits per heavy atom. The monoisotopic (exact) mass is 392 g/mol. The Kier molecular flexibility index (Phi) is 4.61. The lowest BCUT2D eigenvalue weighted by atomic mass is 9.82. The molecule has 0 spiro atoms. The van der Waals surface area contributed by atoms with Crippen molar-refractivity contribution in [3.63, 3.8) is 0 Å². The molecule has 1 saturated heterocycles. The summed E-state index contributed by atoms with van der Waals surface area (Å²) in [4.78, 5) is 12.3. The average molecular weight is 392 g/mol. The zero-order chi connectivity index (χ0) is 19.1. The molecule has 2 aliphatic rings. The molecule has 0 unspecified atom stereocenters. The Bertz CT molecular complexity index is 744. The van der Waals surface area contributed by atoms with Crippen molar-refractivity contribution in [2.45, 2.75) is 24.9 Å². The van der Waals surface area contributed by atoms with Crippen LogP contribution in [0.4, 0.5) is 13.2 Å². The van der Waals surface area contributed by atoms with Crippen LogP contribution < -0.4 is 20.1 Å². The molecule has 11 heteroatoms. The Morgan fingerprint density at radius 1 is 1.42 bits per heavy atom. The molecule has 0 aromatic heterocycles. The van der Waals surface area contributed by atoms with Crippen molar-refractivity contribution in [2.24, 2.45) is 5.92 Å². The second-order valence-electron chi connectivity index (χ2n) is 5.68. The highest BCUT2D eigenvalue weighted by atomic mass is 32.1. The number of fused-ring (bicyclic) bond motifs is 1. The summed E-state index contributed by atoms with van der Waals surface area (Å²) >= 11 is 4.81. The first-order valence-electron chi connectivity index (χ1n) is 7.61. The van der Waals surface area contributed by atoms with Crippen molar-refractivity contribution in [2.75, 3.05) is 13.4 Å². The van der Waals surface area contributed by atoms with Crippen LogP contribution in [0.3, 0.4) is 0 Å². The fourth-order valence-corrected chi connectivity index (χ4v) is 3.20. The van der Waals surface area contributed by atoms with E-state index in [2.05, 4.69) is 5.32 Å². The van der Waals surface area contributed by atoms with Gasteiger partial charge in [-0.25, -0.2) is 0 Å². The number of thiocarbonyl (C=S) groups is 1. The smallest absolute Gasteiger partial charge is 0.437 e. The van der Waals surface area contributed by atoms with Gasteiger partial charge in [-0.2, -0.15) is 13.2 Å². The number of rotatable bonds is 3. The molecule has 0 radical (unpaired) electrons. The van der Waals surface area contributed by atoms with E-state index in [1.54, 1.807) is 5.32 Å². The first kappa shape index (κ1) is 18.5. The number of hydrogen-bond acceptors (Lipinski definition) is 6. The highest BCUT2D eigenvalue weighted by Gasteiger charge is 2.66. The van der Waals surface area contributed by atoms with Crippen molar-refractivity contribution in [3.05, 3.63) is 23.8 Å². The Labute approximate surface area is 151 Å². The number of carbonyl (C=O) groups is 1. The predicted octanol–water partition coefficient (Wildman–Crippen LogP) is 1.36. The van der Waals surface area contributed by atoms with Gasteiger partial charge < -0.3 is 30.0 Å². The predicted molar refractivity (Wildman–Crippen MR) is 85.3 cm³/mol. The van der Waals surface area contributed by atoms with Crippen LogP contribution in [-0.2, 0) is 9.53 Å². The van der Waals surface area contributed by atoms with Gasteiger partial charge in [-0.1, -0.05) is 6.07 Å². The molecule has 1 fully saturated rings. The van der Waals surface area contributed by atoms with Crippen molar-refractivity contribution in [1.82, 2.24) is 10.6 Å². The minimum Gasteiger partial charge on any atom is -0.466 e. The number of hydrogen-bond donors (Lipinski definition) is 3. The van der Waals surface area contributed by atoms with Crippen molar-refractivity contribution in [1.29, 1.82) is 0 Å². The minimum atomic E-state index is -5.19. The normalized spacial score (nSPS) is 27.5. The number of alkyl halides is 3. The van der Waals surface area contributed by atoms with E-state index in [1.807, 2.05) is 0 Å². The van der Waals surface area contributed by atoms with Crippen LogP contribution in [0.2, 0.25) is 0 Å². The zero-order valence-electron chi connectivity index (χ0n) is 13.4. The molecule has 0 amide bonds. The maximum Gasteiger partial charge on any atom is 0.437 e. The molecule has 0 saturated carbocycles. The summed E-state index contributed by atoms with van der Waals surface area (Å²) in [5.74, 6) is -2.54. The van der Waals surface area contributed by atoms with Gasteiger partial charge in [0, 0.05) is 0 Å². The zero-order valence-corrected chi connectivity index (χ0v) is 14.2. The second kappa shape index (κ2) is 6.47. The van der Waals surface area contributed by atoms with Crippen LogP contribution in [0.25, 0.3) is 0 Å². The molecule has 2 heterocycles. The lowest BCUT2D eigenvalue weighted by molar-refractivity contribution is -0.292. The molecule has 1 aromatic carbocycles. The van der Waals surface area contributed by atoms with E-state index >= 15 is 0 Å². The van der Waals surface area contributed by atoms with Gasteiger partial charge >= 0.3 is 12.1 Å². The van der Waals surface area contributed by atoms with E-state index in [0.29, 0.717) is 11.5 Å². The Hall–Kier alpha value is -2.27. The Morgan fingerprint density at radius 3 is 2.77 bits per heavy atom. The van der Waals surface area contributed by atoms with Gasteiger partial charge in [0.2, 0.25) is 6.79 Å². The largest absolute Gasteiger partial charge is 0.466 e. The lowest BCUT2D eigenvalue weighted by Crippen LogP contribution is -2.73. The van der Waals surface area contributed by atoms with E-state index in [9.17, 15) is 23.1 Å². The molecule has 2 aliphatic heterocycles. The molecular formula is C15H15F3N2O5S. The van der Waals surface area contributed by atoms with Crippen molar-refractivity contribution in [3.8, 4) is 11.5 Å². The first-order valence-corrected chi connectivity index (χ1v) is 8.02. The number of benzene rings is 1. The fraction of sp³-hybridized carbons (Fsp3) is 0.467. The number of nitrogens with one attached hydrogen (secondary N) is 2. The van der Waals surface area contributed by atoms with E-state index in [0.717, 1.165) is 0 Å². The lowest BCUT2D eigenvalue weighted by Gasteiger charge is -2.45. The molecule has 1 aromatic rings. The highest BCUT2D eigenvalue weighted by Crippen LogP contribution is 2.44. The molecule has 0 aliphatic carbocycles. The van der Waals surface area contributed by atoms with Crippen molar-refractivity contribution < 1.29 is 37.3 Å². The maximum absolute atomic E-state index is 13.6. The fourth-order valence-electron chi connectivity index (χ4n) is 2.92. The van der Waals surface area contributed by atoms with Crippen LogP contribution in [0.5, 0.6) is 11.5 Å². The van der Waals surface area contributed by atoms with Gasteiger partial charge in [0.25, 0.3) is 5.72 Å². The molecular weight excluding hydrogens is 377 g/mol. The molecule has 142 valence electrons. The number of ether oxygens (including phenoxy) is 3. The third kappa shape index (κ3) is 3.01. The third-order valence-electron chi connectivity index (χ3n) is 4.10. The summed E-state index contributed by atoms with van der Waals surface area (Å²) in [6.45, 7) is 1.28. The van der Waals surface area contributed by atoms with Crippen LogP contribution in [-0.4, -0.2) is 41.5 Å². The number of halogens is 3. The third-order valence-corrected chi connectivity index (χ3v) is 4.32. The first-order chi connectivity index (χ1) is 12.2. The summed E-state index contributed by atoms with van der Waals surface area (Å²) in [6, 6.07) is 3.09. The molecule has 26 heavy (non-hydrogen) atoms. The quantitative estimate of drug-likeness (QED) is 0.525. The maximum atomic E-state index is 13.6. The summed E-state index contributed by atoms with van der Waals surface area (Å²) in [5, 5.41) is 14.3. The van der Waals surface area contributed by atoms with E-state index < -0.39 is 34.9 Å². The Balaban J connectivity index is 2.08.